The molecule has 1 N–H and O–H groups in total. The highest BCUT2D eigenvalue weighted by Gasteiger charge is 2.01. The minimum Gasteiger partial charge on any atom is -0.382 e. The Balaban J connectivity index is 2.67. The van der Waals surface area contributed by atoms with Crippen molar-refractivity contribution in [1.82, 2.24) is 0 Å². The van der Waals surface area contributed by atoms with E-state index in [4.69, 9.17) is 7.85 Å². The summed E-state index contributed by atoms with van der Waals surface area (Å²) in [4.78, 5) is 0. The van der Waals surface area contributed by atoms with Gasteiger partial charge in [0.2, 0.25) is 0 Å². The first-order valence-corrected chi connectivity index (χ1v) is 4.38. The van der Waals surface area contributed by atoms with Crippen molar-refractivity contribution in [3.05, 3.63) is 24.0 Å². The first-order chi connectivity index (χ1) is 6.09. The lowest BCUT2D eigenvalue weighted by Gasteiger charge is -2.09. The van der Waals surface area contributed by atoms with E-state index in [0.29, 0.717) is 17.1 Å². The number of rotatable bonds is 3. The van der Waals surface area contributed by atoms with Gasteiger partial charge < -0.3 is 5.32 Å². The van der Waals surface area contributed by atoms with E-state index in [-0.39, 0.29) is 5.82 Å². The lowest BCUT2D eigenvalue weighted by atomic mass is 9.96. The van der Waals surface area contributed by atoms with E-state index in [1.54, 1.807) is 12.1 Å². The Bertz CT molecular complexity index is 286. The molecule has 0 aliphatic heterocycles. The summed E-state index contributed by atoms with van der Waals surface area (Å²) in [5.41, 5.74) is 0.968. The summed E-state index contributed by atoms with van der Waals surface area (Å²) in [5, 5.41) is 3.01. The third kappa shape index (κ3) is 3.09. The van der Waals surface area contributed by atoms with Crippen molar-refractivity contribution in [3.63, 3.8) is 0 Å². The zero-order chi connectivity index (χ0) is 9.84. The molecule has 0 fully saturated rings. The largest absolute Gasteiger partial charge is 0.382 e. The van der Waals surface area contributed by atoms with Crippen LogP contribution in [0.25, 0.3) is 0 Å². The third-order valence-corrected chi connectivity index (χ3v) is 1.69. The molecule has 0 atom stereocenters. The second kappa shape index (κ2) is 4.31. The van der Waals surface area contributed by atoms with Crippen LogP contribution >= 0.6 is 0 Å². The lowest BCUT2D eigenvalue weighted by molar-refractivity contribution is 0.625. The minimum atomic E-state index is -0.291. The zero-order valence-electron chi connectivity index (χ0n) is 7.97. The Morgan fingerprint density at radius 2 is 2.15 bits per heavy atom. The molecule has 0 aromatic heterocycles. The molecule has 0 bridgehead atoms. The average molecular weight is 177 g/mol. The number of benzene rings is 1. The molecule has 0 spiro atoms. The molecule has 0 unspecified atom stereocenters. The van der Waals surface area contributed by atoms with Gasteiger partial charge in [-0.15, -0.1) is 0 Å². The Labute approximate surface area is 79.8 Å². The van der Waals surface area contributed by atoms with Gasteiger partial charge in [-0.1, -0.05) is 25.4 Å². The van der Waals surface area contributed by atoms with Crippen molar-refractivity contribution in [2.24, 2.45) is 5.92 Å². The van der Waals surface area contributed by atoms with Crippen LogP contribution in [0.3, 0.4) is 0 Å². The fourth-order valence-corrected chi connectivity index (χ4v) is 0.989. The molecule has 0 aliphatic rings. The Morgan fingerprint density at radius 3 is 2.69 bits per heavy atom. The summed E-state index contributed by atoms with van der Waals surface area (Å²) in [6, 6.07) is 4.67. The first kappa shape index (κ1) is 10.1. The van der Waals surface area contributed by atoms with Crippen LogP contribution in [0, 0.1) is 11.7 Å². The number of hydrogen-bond acceptors (Lipinski definition) is 1. The summed E-state index contributed by atoms with van der Waals surface area (Å²) in [7, 11) is 5.42. The summed E-state index contributed by atoms with van der Waals surface area (Å²) in [6.07, 6.45) is 0. The van der Waals surface area contributed by atoms with E-state index in [0.717, 1.165) is 6.54 Å². The number of anilines is 1. The predicted octanol–water partition coefficient (Wildman–Crippen LogP) is 1.69. The van der Waals surface area contributed by atoms with E-state index >= 15 is 0 Å². The third-order valence-electron chi connectivity index (χ3n) is 1.69. The molecule has 0 saturated carbocycles. The predicted molar refractivity (Wildman–Crippen MR) is 55.1 cm³/mol. The van der Waals surface area contributed by atoms with Gasteiger partial charge in [0.1, 0.15) is 13.7 Å². The SMILES string of the molecule is [B]c1ccc(NCC(C)C)c(F)c1. The van der Waals surface area contributed by atoms with Gasteiger partial charge in [-0.05, 0) is 18.1 Å². The van der Waals surface area contributed by atoms with Crippen molar-refractivity contribution in [3.8, 4) is 0 Å². The topological polar surface area (TPSA) is 12.0 Å². The van der Waals surface area contributed by atoms with Crippen LogP contribution < -0.4 is 10.8 Å². The van der Waals surface area contributed by atoms with E-state index in [2.05, 4.69) is 19.2 Å². The van der Waals surface area contributed by atoms with Crippen LogP contribution in [0.1, 0.15) is 13.8 Å². The van der Waals surface area contributed by atoms with Crippen LogP contribution in [0.2, 0.25) is 0 Å². The van der Waals surface area contributed by atoms with Crippen LogP contribution in [0.5, 0.6) is 0 Å². The fraction of sp³-hybridized carbons (Fsp3) is 0.400. The second-order valence-electron chi connectivity index (χ2n) is 3.51. The van der Waals surface area contributed by atoms with Gasteiger partial charge in [0, 0.05) is 6.54 Å². The number of nitrogens with one attached hydrogen (secondary N) is 1. The summed E-state index contributed by atoms with van der Waals surface area (Å²) >= 11 is 0. The van der Waals surface area contributed by atoms with Crippen LogP contribution in [0.4, 0.5) is 10.1 Å². The quantitative estimate of drug-likeness (QED) is 0.692. The Kier molecular flexibility index (Phi) is 3.35. The van der Waals surface area contributed by atoms with Gasteiger partial charge in [0.15, 0.2) is 0 Å². The molecule has 68 valence electrons. The molecule has 1 aromatic carbocycles. The summed E-state index contributed by atoms with van der Waals surface area (Å²) < 4.78 is 13.2. The normalized spacial score (nSPS) is 10.5. The minimum absolute atomic E-state index is 0.291. The molecule has 1 aromatic rings. The van der Waals surface area contributed by atoms with Crippen molar-refractivity contribution in [2.75, 3.05) is 11.9 Å². The standard InChI is InChI=1S/C10H13BFN/c1-7(2)6-13-10-4-3-8(11)5-9(10)12/h3-5,7,13H,6H2,1-2H3. The van der Waals surface area contributed by atoms with Gasteiger partial charge in [0.05, 0.1) is 5.69 Å². The van der Waals surface area contributed by atoms with Crippen molar-refractivity contribution < 1.29 is 4.39 Å². The lowest BCUT2D eigenvalue weighted by Crippen LogP contribution is -2.11. The molecular formula is C10H13BFN. The fourth-order valence-electron chi connectivity index (χ4n) is 0.989. The van der Waals surface area contributed by atoms with Gasteiger partial charge in [-0.3, -0.25) is 0 Å². The van der Waals surface area contributed by atoms with Crippen LogP contribution in [0.15, 0.2) is 18.2 Å². The van der Waals surface area contributed by atoms with Gasteiger partial charge >= 0.3 is 0 Å². The van der Waals surface area contributed by atoms with Crippen molar-refractivity contribution in [1.29, 1.82) is 0 Å². The Morgan fingerprint density at radius 1 is 1.46 bits per heavy atom. The van der Waals surface area contributed by atoms with E-state index < -0.39 is 0 Å². The molecule has 0 amide bonds. The van der Waals surface area contributed by atoms with Crippen LogP contribution in [-0.4, -0.2) is 14.4 Å². The van der Waals surface area contributed by atoms with Crippen molar-refractivity contribution in [2.45, 2.75) is 13.8 Å². The molecule has 0 aliphatic carbocycles. The van der Waals surface area contributed by atoms with E-state index in [9.17, 15) is 4.39 Å². The second-order valence-corrected chi connectivity index (χ2v) is 3.51. The van der Waals surface area contributed by atoms with E-state index in [1.807, 2.05) is 0 Å². The van der Waals surface area contributed by atoms with Gasteiger partial charge in [0.25, 0.3) is 0 Å². The highest BCUT2D eigenvalue weighted by Crippen LogP contribution is 2.11. The molecule has 2 radical (unpaired) electrons. The summed E-state index contributed by atoms with van der Waals surface area (Å²) in [5.74, 6) is 0.206. The van der Waals surface area contributed by atoms with Gasteiger partial charge in [-0.2, -0.15) is 0 Å². The first-order valence-electron chi connectivity index (χ1n) is 4.38. The summed E-state index contributed by atoms with van der Waals surface area (Å²) in [6.45, 7) is 4.91. The molecule has 13 heavy (non-hydrogen) atoms. The highest BCUT2D eigenvalue weighted by molar-refractivity contribution is 6.32. The molecule has 3 heteroatoms. The molecule has 1 rings (SSSR count). The average Bonchev–Trinajstić information content (AvgIpc) is 2.02. The highest BCUT2D eigenvalue weighted by atomic mass is 19.1. The number of halogens is 1. The monoisotopic (exact) mass is 177 g/mol. The van der Waals surface area contributed by atoms with Crippen LogP contribution in [-0.2, 0) is 0 Å². The Hall–Kier alpha value is -0.985. The molecule has 0 heterocycles. The number of hydrogen-bond donors (Lipinski definition) is 1. The maximum Gasteiger partial charge on any atom is 0.145 e. The molecule has 0 saturated heterocycles. The van der Waals surface area contributed by atoms with Crippen molar-refractivity contribution >= 4 is 19.0 Å². The maximum absolute atomic E-state index is 13.2. The molecule has 1 nitrogen and oxygen atoms in total. The maximum atomic E-state index is 13.2. The zero-order valence-corrected chi connectivity index (χ0v) is 7.97. The van der Waals surface area contributed by atoms with Gasteiger partial charge in [-0.25, -0.2) is 4.39 Å². The van der Waals surface area contributed by atoms with E-state index in [1.165, 1.54) is 6.07 Å². The molecular weight excluding hydrogens is 164 g/mol. The smallest absolute Gasteiger partial charge is 0.145 e.